The Kier molecular flexibility index (Phi) is 3.74. The summed E-state index contributed by atoms with van der Waals surface area (Å²) in [6.07, 6.45) is 5.87. The number of nitrogens with zero attached hydrogens (tertiary/aromatic N) is 2. The largest absolute Gasteiger partial charge is 0.497 e. The molecule has 0 atom stereocenters. The lowest BCUT2D eigenvalue weighted by molar-refractivity contribution is 0.00578. The van der Waals surface area contributed by atoms with Gasteiger partial charge in [-0.15, -0.1) is 0 Å². The van der Waals surface area contributed by atoms with Crippen LogP contribution < -0.4 is 5.46 Å². The van der Waals surface area contributed by atoms with Crippen LogP contribution in [0.15, 0.2) is 55.0 Å². The first kappa shape index (κ1) is 16.4. The van der Waals surface area contributed by atoms with Gasteiger partial charge in [0.2, 0.25) is 0 Å². The van der Waals surface area contributed by atoms with Crippen molar-refractivity contribution in [2.24, 2.45) is 0 Å². The lowest BCUT2D eigenvalue weighted by Crippen LogP contribution is -2.41. The van der Waals surface area contributed by atoms with Crippen molar-refractivity contribution < 1.29 is 9.31 Å². The molecule has 25 heavy (non-hydrogen) atoms. The van der Waals surface area contributed by atoms with Crippen molar-refractivity contribution in [1.29, 1.82) is 0 Å². The smallest absolute Gasteiger partial charge is 0.399 e. The van der Waals surface area contributed by atoms with E-state index in [1.54, 1.807) is 0 Å². The third-order valence-electron chi connectivity index (χ3n) is 5.42. The molecule has 0 unspecified atom stereocenters. The Balaban J connectivity index is 1.76. The van der Waals surface area contributed by atoms with Crippen molar-refractivity contribution in [3.63, 3.8) is 0 Å². The van der Waals surface area contributed by atoms with Crippen LogP contribution in [-0.2, 0) is 15.9 Å². The van der Waals surface area contributed by atoms with E-state index in [0.717, 1.165) is 22.9 Å². The van der Waals surface area contributed by atoms with Crippen LogP contribution in [0.3, 0.4) is 0 Å². The molecular formula is C20H23BN2O2. The van der Waals surface area contributed by atoms with Gasteiger partial charge in [0.15, 0.2) is 0 Å². The number of benzene rings is 1. The molecule has 2 aromatic heterocycles. The van der Waals surface area contributed by atoms with Gasteiger partial charge in [0, 0.05) is 29.8 Å². The molecule has 1 saturated heterocycles. The normalized spacial score (nSPS) is 18.8. The number of pyridine rings is 1. The van der Waals surface area contributed by atoms with E-state index < -0.39 is 0 Å². The van der Waals surface area contributed by atoms with Gasteiger partial charge < -0.3 is 13.9 Å². The third-order valence-corrected chi connectivity index (χ3v) is 5.42. The van der Waals surface area contributed by atoms with Gasteiger partial charge in [0.25, 0.3) is 0 Å². The molecule has 1 fully saturated rings. The standard InChI is InChI=1S/C20H23BN2O2/c1-19(2)20(3,4)25-21(24-19)17-14-23(13-15-8-6-5-7-9-15)18-12-22-11-10-16(17)18/h5-12,14H,13H2,1-4H3. The summed E-state index contributed by atoms with van der Waals surface area (Å²) >= 11 is 0. The maximum Gasteiger partial charge on any atom is 0.497 e. The van der Waals surface area contributed by atoms with E-state index in [2.05, 4.69) is 67.7 Å². The van der Waals surface area contributed by atoms with E-state index in [-0.39, 0.29) is 18.3 Å². The topological polar surface area (TPSA) is 36.3 Å². The molecule has 0 radical (unpaired) electrons. The third kappa shape index (κ3) is 2.77. The average Bonchev–Trinajstić information content (AvgIpc) is 3.03. The van der Waals surface area contributed by atoms with Crippen LogP contribution >= 0.6 is 0 Å². The number of aromatic nitrogens is 2. The predicted molar refractivity (Wildman–Crippen MR) is 101 cm³/mol. The van der Waals surface area contributed by atoms with Crippen molar-refractivity contribution in [3.8, 4) is 0 Å². The average molecular weight is 334 g/mol. The molecule has 128 valence electrons. The van der Waals surface area contributed by atoms with Crippen molar-refractivity contribution in [2.45, 2.75) is 45.4 Å². The van der Waals surface area contributed by atoms with Crippen LogP contribution in [0.25, 0.3) is 10.9 Å². The molecular weight excluding hydrogens is 311 g/mol. The van der Waals surface area contributed by atoms with E-state index in [0.29, 0.717) is 0 Å². The monoisotopic (exact) mass is 334 g/mol. The lowest BCUT2D eigenvalue weighted by atomic mass is 9.79. The minimum atomic E-state index is -0.369. The molecule has 0 saturated carbocycles. The predicted octanol–water partition coefficient (Wildman–Crippen LogP) is 3.38. The molecule has 0 amide bonds. The van der Waals surface area contributed by atoms with Crippen LogP contribution in [0, 0.1) is 0 Å². The minimum Gasteiger partial charge on any atom is -0.399 e. The molecule has 4 nitrogen and oxygen atoms in total. The van der Waals surface area contributed by atoms with Crippen LogP contribution in [0.5, 0.6) is 0 Å². The Hall–Kier alpha value is -2.11. The molecule has 4 rings (SSSR count). The maximum atomic E-state index is 6.27. The van der Waals surface area contributed by atoms with Gasteiger partial charge >= 0.3 is 7.12 Å². The summed E-state index contributed by atoms with van der Waals surface area (Å²) in [5, 5.41) is 1.13. The van der Waals surface area contributed by atoms with Crippen LogP contribution in [0.4, 0.5) is 0 Å². The quantitative estimate of drug-likeness (QED) is 0.689. The molecule has 5 heteroatoms. The molecule has 3 heterocycles. The van der Waals surface area contributed by atoms with Gasteiger partial charge in [0.05, 0.1) is 22.9 Å². The maximum absolute atomic E-state index is 6.27. The Morgan fingerprint density at radius 2 is 1.68 bits per heavy atom. The van der Waals surface area contributed by atoms with E-state index in [4.69, 9.17) is 9.31 Å². The lowest BCUT2D eigenvalue weighted by Gasteiger charge is -2.32. The molecule has 0 aliphatic carbocycles. The molecule has 1 aliphatic rings. The highest BCUT2D eigenvalue weighted by Gasteiger charge is 2.52. The highest BCUT2D eigenvalue weighted by molar-refractivity contribution is 6.65. The van der Waals surface area contributed by atoms with Crippen molar-refractivity contribution >= 4 is 23.5 Å². The summed E-state index contributed by atoms with van der Waals surface area (Å²) in [5.74, 6) is 0. The van der Waals surface area contributed by atoms with Gasteiger partial charge in [0.1, 0.15) is 0 Å². The number of rotatable bonds is 3. The zero-order valence-corrected chi connectivity index (χ0v) is 15.2. The minimum absolute atomic E-state index is 0.349. The van der Waals surface area contributed by atoms with E-state index >= 15 is 0 Å². The molecule has 3 aromatic rings. The zero-order chi connectivity index (χ0) is 17.7. The van der Waals surface area contributed by atoms with Gasteiger partial charge in [-0.1, -0.05) is 30.3 Å². The second kappa shape index (κ2) is 5.72. The van der Waals surface area contributed by atoms with Crippen LogP contribution in [-0.4, -0.2) is 27.9 Å². The van der Waals surface area contributed by atoms with Crippen LogP contribution in [0.2, 0.25) is 0 Å². The van der Waals surface area contributed by atoms with Crippen molar-refractivity contribution in [1.82, 2.24) is 9.55 Å². The summed E-state index contributed by atoms with van der Waals surface area (Å²) in [6.45, 7) is 9.12. The Morgan fingerprint density at radius 1 is 1.00 bits per heavy atom. The number of fused-ring (bicyclic) bond motifs is 1. The molecule has 0 N–H and O–H groups in total. The molecule has 0 spiro atoms. The summed E-state index contributed by atoms with van der Waals surface area (Å²) in [6, 6.07) is 12.5. The van der Waals surface area contributed by atoms with E-state index in [1.807, 2.05) is 24.5 Å². The van der Waals surface area contributed by atoms with E-state index in [1.165, 1.54) is 5.56 Å². The fourth-order valence-electron chi connectivity index (χ4n) is 3.23. The molecule has 1 aliphatic heterocycles. The SMILES string of the molecule is CC1(C)OB(c2cn(Cc3ccccc3)c3cnccc23)OC1(C)C. The Morgan fingerprint density at radius 3 is 2.36 bits per heavy atom. The number of hydrogen-bond donors (Lipinski definition) is 0. The van der Waals surface area contributed by atoms with Crippen LogP contribution in [0.1, 0.15) is 33.3 Å². The molecule has 0 bridgehead atoms. The molecule has 1 aromatic carbocycles. The summed E-state index contributed by atoms with van der Waals surface area (Å²) in [4.78, 5) is 4.31. The zero-order valence-electron chi connectivity index (χ0n) is 15.2. The van der Waals surface area contributed by atoms with Crippen molar-refractivity contribution in [2.75, 3.05) is 0 Å². The second-order valence-corrected chi connectivity index (χ2v) is 7.68. The first-order chi connectivity index (χ1) is 11.9. The summed E-state index contributed by atoms with van der Waals surface area (Å²) in [7, 11) is -0.369. The summed E-state index contributed by atoms with van der Waals surface area (Å²) in [5.41, 5.74) is 2.71. The van der Waals surface area contributed by atoms with Gasteiger partial charge in [-0.25, -0.2) is 0 Å². The fourth-order valence-corrected chi connectivity index (χ4v) is 3.23. The second-order valence-electron chi connectivity index (χ2n) is 7.68. The first-order valence-corrected chi connectivity index (χ1v) is 8.70. The number of hydrogen-bond acceptors (Lipinski definition) is 3. The first-order valence-electron chi connectivity index (χ1n) is 8.70. The Bertz CT molecular complexity index is 886. The van der Waals surface area contributed by atoms with Gasteiger partial charge in [-0.05, 0) is 39.3 Å². The highest BCUT2D eigenvalue weighted by Crippen LogP contribution is 2.37. The van der Waals surface area contributed by atoms with Crippen molar-refractivity contribution in [3.05, 3.63) is 60.6 Å². The van der Waals surface area contributed by atoms with Gasteiger partial charge in [-0.3, -0.25) is 4.98 Å². The fraction of sp³-hybridized carbons (Fsp3) is 0.350. The van der Waals surface area contributed by atoms with E-state index in [9.17, 15) is 0 Å². The highest BCUT2D eigenvalue weighted by atomic mass is 16.7. The van der Waals surface area contributed by atoms with Gasteiger partial charge in [-0.2, -0.15) is 0 Å². The summed E-state index contributed by atoms with van der Waals surface area (Å²) < 4.78 is 14.8. The Labute approximate surface area is 148 Å².